The average Bonchev–Trinajstić information content (AvgIpc) is 2.56. The van der Waals surface area contributed by atoms with Crippen molar-refractivity contribution < 1.29 is 13.2 Å². The number of nitrogens with one attached hydrogen (secondary N) is 1. The van der Waals surface area contributed by atoms with Crippen LogP contribution in [0.3, 0.4) is 0 Å². The lowest BCUT2D eigenvalue weighted by molar-refractivity contribution is 0.216. The smallest absolute Gasteiger partial charge is 0.321 e. The number of carbonyl (C=O) groups is 1. The summed E-state index contributed by atoms with van der Waals surface area (Å²) in [6.07, 6.45) is 0. The van der Waals surface area contributed by atoms with Gasteiger partial charge in [0.2, 0.25) is 0 Å². The average molecular weight is 330 g/mol. The Bertz CT molecular complexity index is 772. The SMILES string of the molecule is O=C(Nc1ccc(-c2ccccc2)cc1)N1CCS(=O)(=O)CC1. The van der Waals surface area contributed by atoms with Crippen molar-refractivity contribution >= 4 is 21.6 Å². The molecule has 0 aliphatic carbocycles. The quantitative estimate of drug-likeness (QED) is 0.920. The number of sulfone groups is 1. The second-order valence-electron chi connectivity index (χ2n) is 5.51. The van der Waals surface area contributed by atoms with Crippen LogP contribution in [0.1, 0.15) is 0 Å². The molecule has 5 nitrogen and oxygen atoms in total. The van der Waals surface area contributed by atoms with Crippen LogP contribution in [0.5, 0.6) is 0 Å². The lowest BCUT2D eigenvalue weighted by atomic mass is 10.1. The maximum absolute atomic E-state index is 12.2. The molecule has 0 spiro atoms. The predicted octanol–water partition coefficient (Wildman–Crippen LogP) is 2.62. The standard InChI is InChI=1S/C17H18N2O3S/c20-17(19-10-12-23(21,22)13-11-19)18-16-8-6-15(7-9-16)14-4-2-1-3-5-14/h1-9H,10-13H2,(H,18,20). The maximum atomic E-state index is 12.2. The van der Waals surface area contributed by atoms with Crippen LogP contribution in [0, 0.1) is 0 Å². The fourth-order valence-corrected chi connectivity index (χ4v) is 3.70. The van der Waals surface area contributed by atoms with Gasteiger partial charge in [-0.2, -0.15) is 0 Å². The molecule has 1 aliphatic heterocycles. The second-order valence-corrected chi connectivity index (χ2v) is 7.82. The second kappa shape index (κ2) is 6.42. The van der Waals surface area contributed by atoms with E-state index in [1.807, 2.05) is 54.6 Å². The Balaban J connectivity index is 1.63. The molecule has 6 heteroatoms. The fourth-order valence-electron chi connectivity index (χ4n) is 2.49. The fraction of sp³-hybridized carbons (Fsp3) is 0.235. The summed E-state index contributed by atoms with van der Waals surface area (Å²) in [7, 11) is -2.98. The van der Waals surface area contributed by atoms with Crippen LogP contribution in [0.15, 0.2) is 54.6 Å². The molecule has 3 rings (SSSR count). The first kappa shape index (κ1) is 15.6. The Labute approximate surface area is 135 Å². The number of carbonyl (C=O) groups excluding carboxylic acids is 1. The number of urea groups is 1. The molecule has 0 bridgehead atoms. The van der Waals surface area contributed by atoms with Gasteiger partial charge in [0.05, 0.1) is 11.5 Å². The first-order valence-corrected chi connectivity index (χ1v) is 9.27. The molecule has 23 heavy (non-hydrogen) atoms. The van der Waals surface area contributed by atoms with Crippen LogP contribution in [0.2, 0.25) is 0 Å². The third-order valence-corrected chi connectivity index (χ3v) is 5.48. The summed E-state index contributed by atoms with van der Waals surface area (Å²) >= 11 is 0. The zero-order valence-corrected chi connectivity index (χ0v) is 13.4. The molecule has 0 unspecified atom stereocenters. The van der Waals surface area contributed by atoms with Gasteiger partial charge in [0.15, 0.2) is 9.84 Å². The number of nitrogens with zero attached hydrogens (tertiary/aromatic N) is 1. The highest BCUT2D eigenvalue weighted by atomic mass is 32.2. The van der Waals surface area contributed by atoms with Gasteiger partial charge in [-0.1, -0.05) is 42.5 Å². The largest absolute Gasteiger partial charge is 0.322 e. The molecule has 2 amide bonds. The topological polar surface area (TPSA) is 66.5 Å². The van der Waals surface area contributed by atoms with Gasteiger partial charge in [-0.3, -0.25) is 0 Å². The van der Waals surface area contributed by atoms with E-state index < -0.39 is 9.84 Å². The monoisotopic (exact) mass is 330 g/mol. The number of hydrogen-bond acceptors (Lipinski definition) is 3. The molecule has 2 aromatic carbocycles. The van der Waals surface area contributed by atoms with E-state index in [0.29, 0.717) is 5.69 Å². The van der Waals surface area contributed by atoms with Crippen LogP contribution in [0.4, 0.5) is 10.5 Å². The number of rotatable bonds is 2. The Morgan fingerprint density at radius 2 is 1.43 bits per heavy atom. The van der Waals surface area contributed by atoms with Gasteiger partial charge >= 0.3 is 6.03 Å². The molecule has 2 aromatic rings. The van der Waals surface area contributed by atoms with E-state index in [1.54, 1.807) is 0 Å². The molecule has 0 radical (unpaired) electrons. The van der Waals surface area contributed by atoms with Crippen molar-refractivity contribution in [2.24, 2.45) is 0 Å². The maximum Gasteiger partial charge on any atom is 0.321 e. The molecule has 0 saturated carbocycles. The lowest BCUT2D eigenvalue weighted by Crippen LogP contribution is -2.45. The van der Waals surface area contributed by atoms with Gasteiger partial charge in [-0.15, -0.1) is 0 Å². The highest BCUT2D eigenvalue weighted by Crippen LogP contribution is 2.21. The van der Waals surface area contributed by atoms with Gasteiger partial charge in [-0.25, -0.2) is 13.2 Å². The molecule has 1 N–H and O–H groups in total. The summed E-state index contributed by atoms with van der Waals surface area (Å²) in [5.74, 6) is 0.0702. The number of amides is 2. The number of hydrogen-bond donors (Lipinski definition) is 1. The van der Waals surface area contributed by atoms with E-state index in [2.05, 4.69) is 5.32 Å². The third-order valence-electron chi connectivity index (χ3n) is 3.87. The highest BCUT2D eigenvalue weighted by Gasteiger charge is 2.24. The van der Waals surface area contributed by atoms with Crippen molar-refractivity contribution in [3.8, 4) is 11.1 Å². The van der Waals surface area contributed by atoms with Crippen LogP contribution in [0.25, 0.3) is 11.1 Å². The van der Waals surface area contributed by atoms with Crippen LogP contribution < -0.4 is 5.32 Å². The molecular formula is C17H18N2O3S. The molecule has 1 aliphatic rings. The van der Waals surface area contributed by atoms with Crippen molar-refractivity contribution in [2.45, 2.75) is 0 Å². The van der Waals surface area contributed by atoms with E-state index in [0.717, 1.165) is 11.1 Å². The van der Waals surface area contributed by atoms with Crippen LogP contribution >= 0.6 is 0 Å². The molecule has 0 aromatic heterocycles. The first-order chi connectivity index (χ1) is 11.0. The summed E-state index contributed by atoms with van der Waals surface area (Å²) in [4.78, 5) is 13.7. The molecule has 0 atom stereocenters. The Morgan fingerprint density at radius 1 is 0.870 bits per heavy atom. The van der Waals surface area contributed by atoms with Crippen molar-refractivity contribution in [3.05, 3.63) is 54.6 Å². The normalized spacial score (nSPS) is 16.8. The molecular weight excluding hydrogens is 312 g/mol. The van der Waals surface area contributed by atoms with Crippen LogP contribution in [-0.2, 0) is 9.84 Å². The Hall–Kier alpha value is -2.34. The van der Waals surface area contributed by atoms with Crippen molar-refractivity contribution in [1.29, 1.82) is 0 Å². The minimum Gasteiger partial charge on any atom is -0.322 e. The molecule has 1 saturated heterocycles. The van der Waals surface area contributed by atoms with Crippen molar-refractivity contribution in [3.63, 3.8) is 0 Å². The zero-order chi connectivity index (χ0) is 16.3. The summed E-state index contributed by atoms with van der Waals surface area (Å²) in [6.45, 7) is 0.493. The van der Waals surface area contributed by atoms with E-state index in [4.69, 9.17) is 0 Å². The zero-order valence-electron chi connectivity index (χ0n) is 12.6. The summed E-state index contributed by atoms with van der Waals surface area (Å²) in [5.41, 5.74) is 2.89. The van der Waals surface area contributed by atoms with Gasteiger partial charge < -0.3 is 10.2 Å². The summed E-state index contributed by atoms with van der Waals surface area (Å²) in [5, 5.41) is 2.81. The molecule has 1 heterocycles. The summed E-state index contributed by atoms with van der Waals surface area (Å²) < 4.78 is 22.8. The predicted molar refractivity (Wildman–Crippen MR) is 91.1 cm³/mol. The van der Waals surface area contributed by atoms with E-state index in [-0.39, 0.29) is 30.6 Å². The highest BCUT2D eigenvalue weighted by molar-refractivity contribution is 7.91. The molecule has 120 valence electrons. The van der Waals surface area contributed by atoms with Crippen molar-refractivity contribution in [2.75, 3.05) is 29.9 Å². The first-order valence-electron chi connectivity index (χ1n) is 7.45. The minimum absolute atomic E-state index is 0.0351. The number of benzene rings is 2. The van der Waals surface area contributed by atoms with Gasteiger partial charge in [0.25, 0.3) is 0 Å². The Kier molecular flexibility index (Phi) is 4.34. The number of anilines is 1. The Morgan fingerprint density at radius 3 is 2.04 bits per heavy atom. The van der Waals surface area contributed by atoms with E-state index in [1.165, 1.54) is 4.90 Å². The van der Waals surface area contributed by atoms with E-state index in [9.17, 15) is 13.2 Å². The molecule has 1 fully saturated rings. The minimum atomic E-state index is -2.98. The van der Waals surface area contributed by atoms with Gasteiger partial charge in [0, 0.05) is 18.8 Å². The van der Waals surface area contributed by atoms with Gasteiger partial charge in [-0.05, 0) is 23.3 Å². The summed E-state index contributed by atoms with van der Waals surface area (Å²) in [6, 6.07) is 17.3. The van der Waals surface area contributed by atoms with Crippen molar-refractivity contribution in [1.82, 2.24) is 4.90 Å². The van der Waals surface area contributed by atoms with E-state index >= 15 is 0 Å². The van der Waals surface area contributed by atoms with Gasteiger partial charge in [0.1, 0.15) is 0 Å². The van der Waals surface area contributed by atoms with Crippen LogP contribution in [-0.4, -0.2) is 43.9 Å². The third kappa shape index (κ3) is 3.90. The lowest BCUT2D eigenvalue weighted by Gasteiger charge is -2.26.